The van der Waals surface area contributed by atoms with E-state index in [-0.39, 0.29) is 6.17 Å². The highest BCUT2D eigenvalue weighted by Crippen LogP contribution is 2.41. The van der Waals surface area contributed by atoms with E-state index >= 15 is 0 Å². The molecule has 0 radical (unpaired) electrons. The summed E-state index contributed by atoms with van der Waals surface area (Å²) in [5.41, 5.74) is 7.18. The van der Waals surface area contributed by atoms with Gasteiger partial charge in [0, 0.05) is 42.1 Å². The van der Waals surface area contributed by atoms with E-state index in [0.29, 0.717) is 5.84 Å². The lowest BCUT2D eigenvalue weighted by Crippen LogP contribution is -2.33. The highest BCUT2D eigenvalue weighted by Gasteiger charge is 2.22. The monoisotopic (exact) mass is 583 g/mol. The number of furan rings is 1. The maximum absolute atomic E-state index is 6.43. The molecule has 1 aliphatic rings. The molecule has 208 valence electrons. The van der Waals surface area contributed by atoms with Gasteiger partial charge in [0.1, 0.15) is 23.2 Å². The zero-order chi connectivity index (χ0) is 29.0. The van der Waals surface area contributed by atoms with Gasteiger partial charge in [-0.15, -0.1) is 11.3 Å². The molecule has 1 N–H and O–H groups in total. The van der Waals surface area contributed by atoms with Gasteiger partial charge in [-0.05, 0) is 53.1 Å². The molecule has 0 aliphatic carbocycles. The smallest absolute Gasteiger partial charge is 0.159 e. The zero-order valence-electron chi connectivity index (χ0n) is 23.6. The summed E-state index contributed by atoms with van der Waals surface area (Å²) >= 11 is 1.85. The normalized spacial score (nSPS) is 15.0. The van der Waals surface area contributed by atoms with Gasteiger partial charge >= 0.3 is 0 Å². The molecule has 0 spiro atoms. The van der Waals surface area contributed by atoms with Gasteiger partial charge in [0.05, 0.1) is 0 Å². The summed E-state index contributed by atoms with van der Waals surface area (Å²) in [7, 11) is 0. The summed E-state index contributed by atoms with van der Waals surface area (Å²) in [4.78, 5) is 9.97. The van der Waals surface area contributed by atoms with E-state index in [9.17, 15) is 0 Å². The number of nitrogens with zero attached hydrogens (tertiary/aromatic N) is 2. The van der Waals surface area contributed by atoms with E-state index in [2.05, 4.69) is 102 Å². The molecule has 3 heterocycles. The second-order valence-corrected chi connectivity index (χ2v) is 12.1. The Balaban J connectivity index is 1.14. The van der Waals surface area contributed by atoms with Crippen molar-refractivity contribution in [2.45, 2.75) is 6.17 Å². The Hall–Kier alpha value is -5.52. The summed E-state index contributed by atoms with van der Waals surface area (Å²) in [5.74, 6) is 1.50. The summed E-state index contributed by atoms with van der Waals surface area (Å²) in [5, 5.41) is 8.33. The van der Waals surface area contributed by atoms with Crippen molar-refractivity contribution in [1.29, 1.82) is 0 Å². The molecule has 1 atom stereocenters. The van der Waals surface area contributed by atoms with Crippen LogP contribution in [0.25, 0.3) is 53.2 Å². The van der Waals surface area contributed by atoms with Crippen molar-refractivity contribution in [3.05, 3.63) is 156 Å². The number of hydrogen-bond acceptors (Lipinski definition) is 5. The van der Waals surface area contributed by atoms with Crippen molar-refractivity contribution in [1.82, 2.24) is 5.32 Å². The summed E-state index contributed by atoms with van der Waals surface area (Å²) in [6.07, 6.45) is -0.241. The molecule has 0 saturated carbocycles. The Kier molecular flexibility index (Phi) is 5.71. The Bertz CT molecular complexity index is 2420. The second kappa shape index (κ2) is 10.0. The number of hydrogen-bond donors (Lipinski definition) is 1. The van der Waals surface area contributed by atoms with Crippen molar-refractivity contribution >= 4 is 65.1 Å². The topological polar surface area (TPSA) is 49.9 Å². The van der Waals surface area contributed by atoms with Gasteiger partial charge in [-0.3, -0.25) is 0 Å². The van der Waals surface area contributed by atoms with Gasteiger partial charge in [-0.25, -0.2) is 9.98 Å². The van der Waals surface area contributed by atoms with Crippen LogP contribution in [0.2, 0.25) is 0 Å². The molecular weight excluding hydrogens is 559 g/mol. The first-order valence-electron chi connectivity index (χ1n) is 14.7. The lowest BCUT2D eigenvalue weighted by atomic mass is 10.0. The molecule has 44 heavy (non-hydrogen) atoms. The minimum atomic E-state index is -0.241. The molecule has 5 heteroatoms. The van der Waals surface area contributed by atoms with Gasteiger partial charge in [0.15, 0.2) is 5.84 Å². The number of fused-ring (bicyclic) bond motifs is 6. The van der Waals surface area contributed by atoms with E-state index in [1.165, 1.54) is 25.7 Å². The average molecular weight is 584 g/mol. The molecule has 0 fully saturated rings. The zero-order valence-corrected chi connectivity index (χ0v) is 24.4. The Morgan fingerprint density at radius 1 is 0.568 bits per heavy atom. The molecule has 0 amide bonds. The number of nitrogens with one attached hydrogen (secondary N) is 1. The first kappa shape index (κ1) is 25.0. The largest absolute Gasteiger partial charge is 0.456 e. The third kappa shape index (κ3) is 4.13. The quantitative estimate of drug-likeness (QED) is 0.224. The van der Waals surface area contributed by atoms with Crippen LogP contribution in [-0.2, 0) is 0 Å². The average Bonchev–Trinajstić information content (AvgIpc) is 3.66. The van der Waals surface area contributed by atoms with E-state index in [4.69, 9.17) is 14.4 Å². The van der Waals surface area contributed by atoms with Crippen LogP contribution in [0.5, 0.6) is 0 Å². The predicted molar refractivity (Wildman–Crippen MR) is 184 cm³/mol. The fourth-order valence-electron chi connectivity index (χ4n) is 6.19. The highest BCUT2D eigenvalue weighted by atomic mass is 32.1. The van der Waals surface area contributed by atoms with Crippen LogP contribution in [0.1, 0.15) is 22.9 Å². The second-order valence-electron chi connectivity index (χ2n) is 11.0. The lowest BCUT2D eigenvalue weighted by molar-refractivity contribution is 0.668. The first-order chi connectivity index (χ1) is 21.8. The van der Waals surface area contributed by atoms with Gasteiger partial charge in [0.25, 0.3) is 0 Å². The Labute approximate surface area is 257 Å². The summed E-state index contributed by atoms with van der Waals surface area (Å²) < 4.78 is 9.04. The third-order valence-electron chi connectivity index (χ3n) is 8.35. The number of thiophene rings is 1. The molecule has 1 unspecified atom stereocenters. The minimum absolute atomic E-state index is 0.241. The van der Waals surface area contributed by atoms with E-state index in [0.717, 1.165) is 50.0 Å². The minimum Gasteiger partial charge on any atom is -0.456 e. The van der Waals surface area contributed by atoms with Crippen LogP contribution in [0.3, 0.4) is 0 Å². The summed E-state index contributed by atoms with van der Waals surface area (Å²) in [6, 6.07) is 48.5. The maximum atomic E-state index is 6.43. The molecule has 1 aliphatic heterocycles. The van der Waals surface area contributed by atoms with Gasteiger partial charge in [0.2, 0.25) is 0 Å². The van der Waals surface area contributed by atoms with Crippen LogP contribution in [0.15, 0.2) is 154 Å². The van der Waals surface area contributed by atoms with Crippen LogP contribution < -0.4 is 5.32 Å². The molecule has 0 saturated heterocycles. The molecule has 2 aromatic heterocycles. The van der Waals surface area contributed by atoms with E-state index in [1.807, 2.05) is 53.8 Å². The molecule has 8 aromatic rings. The fraction of sp³-hybridized carbons (Fsp3) is 0.0256. The van der Waals surface area contributed by atoms with Crippen molar-refractivity contribution in [2.24, 2.45) is 9.98 Å². The number of rotatable bonds is 4. The van der Waals surface area contributed by atoms with Gasteiger partial charge in [-0.1, -0.05) is 103 Å². The van der Waals surface area contributed by atoms with Gasteiger partial charge in [-0.2, -0.15) is 0 Å². The van der Waals surface area contributed by atoms with Crippen molar-refractivity contribution < 1.29 is 4.42 Å². The van der Waals surface area contributed by atoms with Crippen LogP contribution in [0.4, 0.5) is 0 Å². The molecule has 4 nitrogen and oxygen atoms in total. The van der Waals surface area contributed by atoms with Crippen molar-refractivity contribution in [3.63, 3.8) is 0 Å². The van der Waals surface area contributed by atoms with Crippen molar-refractivity contribution in [2.75, 3.05) is 0 Å². The van der Waals surface area contributed by atoms with Gasteiger partial charge < -0.3 is 9.73 Å². The summed E-state index contributed by atoms with van der Waals surface area (Å²) in [6.45, 7) is 0. The highest BCUT2D eigenvalue weighted by molar-refractivity contribution is 7.26. The molecule has 0 bridgehead atoms. The maximum Gasteiger partial charge on any atom is 0.159 e. The first-order valence-corrected chi connectivity index (χ1v) is 15.5. The third-order valence-corrected chi connectivity index (χ3v) is 9.57. The molecule has 9 rings (SSSR count). The van der Waals surface area contributed by atoms with E-state index in [1.54, 1.807) is 0 Å². The Morgan fingerprint density at radius 2 is 1.34 bits per heavy atom. The predicted octanol–water partition coefficient (Wildman–Crippen LogP) is 10.1. The lowest BCUT2D eigenvalue weighted by Gasteiger charge is -2.23. The van der Waals surface area contributed by atoms with Crippen molar-refractivity contribution in [3.8, 4) is 11.1 Å². The number of aliphatic imine (C=N–C) groups is 2. The fourth-order valence-corrected chi connectivity index (χ4v) is 7.42. The van der Waals surface area contributed by atoms with Crippen LogP contribution >= 0.6 is 11.3 Å². The van der Waals surface area contributed by atoms with E-state index < -0.39 is 0 Å². The Morgan fingerprint density at radius 3 is 2.23 bits per heavy atom. The molecular formula is C39H25N3OS. The number of amidine groups is 2. The van der Waals surface area contributed by atoms with Crippen LogP contribution in [-0.4, -0.2) is 11.7 Å². The SMILES string of the molecule is c1ccc(C2=NC(c3ccccc3)NC(c3ccc4oc5cc(-c6cccc7c6sc6ccccc67)ccc5c4c3)=N2)cc1. The number of benzene rings is 6. The molecule has 6 aromatic carbocycles. The van der Waals surface area contributed by atoms with Crippen LogP contribution in [0, 0.1) is 0 Å². The standard InChI is InChI=1S/C39H25N3OS/c1-3-10-24(11-4-1)37-40-38(25-12-5-2-6-13-25)42-39(41-37)27-19-21-33-32(22-27)29-20-18-26(23-34(29)43-33)28-15-9-16-31-30-14-7-8-17-35(30)44-36(28)31/h1-23,37H,(H,40,41,42).